The van der Waals surface area contributed by atoms with E-state index in [2.05, 4.69) is 6.92 Å². The first-order valence-electron chi connectivity index (χ1n) is 2.70. The maximum Gasteiger partial charge on any atom is 0.381 e. The molecule has 0 aromatic heterocycles. The van der Waals surface area contributed by atoms with Crippen molar-refractivity contribution in [3.8, 4) is 0 Å². The van der Waals surface area contributed by atoms with Crippen LogP contribution in [0, 0.1) is 6.92 Å². The molecule has 0 aliphatic heterocycles. The molecular formula is C6H14NO2+. The Morgan fingerprint density at radius 3 is 1.56 bits per heavy atom. The zero-order valence-electron chi connectivity index (χ0n) is 6.47. The van der Waals surface area contributed by atoms with Gasteiger partial charge >= 0.3 is 5.91 Å². The van der Waals surface area contributed by atoms with Crippen LogP contribution in [-0.2, 0) is 9.47 Å². The van der Waals surface area contributed by atoms with Crippen molar-refractivity contribution in [1.82, 2.24) is 4.90 Å². The van der Waals surface area contributed by atoms with Crippen molar-refractivity contribution >= 4 is 0 Å². The van der Waals surface area contributed by atoms with E-state index < -0.39 is 5.91 Å². The Morgan fingerprint density at radius 1 is 1.22 bits per heavy atom. The monoisotopic (exact) mass is 132 g/mol. The second-order valence-electron chi connectivity index (χ2n) is 2.02. The van der Waals surface area contributed by atoms with Gasteiger partial charge in [-0.1, -0.05) is 0 Å². The van der Waals surface area contributed by atoms with Gasteiger partial charge in [-0.25, -0.2) is 4.90 Å². The quantitative estimate of drug-likeness (QED) is 0.408. The van der Waals surface area contributed by atoms with Gasteiger partial charge in [-0.15, -0.1) is 0 Å². The lowest BCUT2D eigenvalue weighted by molar-refractivity contribution is -0.250. The molecule has 0 fully saturated rings. The first kappa shape index (κ1) is 8.75. The normalized spacial score (nSPS) is 12.6. The maximum absolute atomic E-state index is 4.94. The Bertz CT molecular complexity index is 79.1. The summed E-state index contributed by atoms with van der Waals surface area (Å²) < 4.78 is 9.88. The second-order valence-corrected chi connectivity index (χ2v) is 2.02. The highest BCUT2D eigenvalue weighted by atomic mass is 16.7. The molecule has 0 amide bonds. The zero-order valence-corrected chi connectivity index (χ0v) is 6.47. The summed E-state index contributed by atoms with van der Waals surface area (Å²) in [5, 5.41) is 0. The topological polar surface area (TPSA) is 21.7 Å². The fourth-order valence-electron chi connectivity index (χ4n) is 0.448. The van der Waals surface area contributed by atoms with Crippen molar-refractivity contribution in [2.24, 2.45) is 0 Å². The van der Waals surface area contributed by atoms with Crippen LogP contribution in [0.1, 0.15) is 0 Å². The summed E-state index contributed by atoms with van der Waals surface area (Å²) in [6.07, 6.45) is 0. The first-order chi connectivity index (χ1) is 4.06. The van der Waals surface area contributed by atoms with Gasteiger partial charge in [-0.2, -0.15) is 0 Å². The van der Waals surface area contributed by atoms with Gasteiger partial charge in [0.2, 0.25) is 0 Å². The van der Waals surface area contributed by atoms with Crippen LogP contribution in [0.5, 0.6) is 0 Å². The fourth-order valence-corrected chi connectivity index (χ4v) is 0.448. The average Bonchev–Trinajstić information content (AvgIpc) is 1.86. The lowest BCUT2D eigenvalue weighted by Crippen LogP contribution is -2.44. The van der Waals surface area contributed by atoms with Crippen molar-refractivity contribution in [2.75, 3.05) is 28.3 Å². The average molecular weight is 132 g/mol. The van der Waals surface area contributed by atoms with Crippen molar-refractivity contribution in [1.29, 1.82) is 0 Å². The molecule has 9 heavy (non-hydrogen) atoms. The summed E-state index contributed by atoms with van der Waals surface area (Å²) in [5.41, 5.74) is 0. The minimum absolute atomic E-state index is 0.833. The fraction of sp³-hybridized carbons (Fsp3) is 0.833. The number of nitrogens with zero attached hydrogens (tertiary/aromatic N) is 1. The minimum atomic E-state index is -0.833. The van der Waals surface area contributed by atoms with Crippen LogP contribution >= 0.6 is 0 Å². The summed E-state index contributed by atoms with van der Waals surface area (Å²) in [7, 11) is 6.77. The number of methoxy groups -OCH3 is 2. The summed E-state index contributed by atoms with van der Waals surface area (Å²) in [4.78, 5) is 1.74. The Balaban J connectivity index is 3.92. The number of ether oxygens (including phenoxy) is 2. The third kappa shape index (κ3) is 1.86. The molecule has 0 heterocycles. The van der Waals surface area contributed by atoms with Gasteiger partial charge in [-0.05, 0) is 14.1 Å². The van der Waals surface area contributed by atoms with Crippen LogP contribution in [0.15, 0.2) is 0 Å². The summed E-state index contributed by atoms with van der Waals surface area (Å²) in [6, 6.07) is 0. The highest BCUT2D eigenvalue weighted by Crippen LogP contribution is 2.10. The van der Waals surface area contributed by atoms with E-state index in [-0.39, 0.29) is 0 Å². The van der Waals surface area contributed by atoms with Gasteiger partial charge in [0.05, 0.1) is 0 Å². The molecule has 0 atom stereocenters. The Kier molecular flexibility index (Phi) is 2.97. The second kappa shape index (κ2) is 3.06. The smallest absolute Gasteiger partial charge is 0.303 e. The van der Waals surface area contributed by atoms with Crippen molar-refractivity contribution < 1.29 is 9.47 Å². The van der Waals surface area contributed by atoms with Crippen molar-refractivity contribution in [3.05, 3.63) is 6.92 Å². The third-order valence-corrected chi connectivity index (χ3v) is 1.32. The van der Waals surface area contributed by atoms with Gasteiger partial charge < -0.3 is 9.47 Å². The zero-order chi connectivity index (χ0) is 7.49. The lowest BCUT2D eigenvalue weighted by atomic mass is 10.5. The van der Waals surface area contributed by atoms with Crippen LogP contribution in [-0.4, -0.2) is 39.1 Å². The van der Waals surface area contributed by atoms with Gasteiger partial charge in [-0.3, -0.25) is 0 Å². The van der Waals surface area contributed by atoms with Crippen LogP contribution in [0.25, 0.3) is 0 Å². The molecule has 0 aliphatic carbocycles. The number of hydrogen-bond donors (Lipinski definition) is 0. The predicted octanol–water partition coefficient (Wildman–Crippen LogP) is 0.329. The summed E-state index contributed by atoms with van der Waals surface area (Å²) in [6.45, 7) is 3.69. The Morgan fingerprint density at radius 2 is 1.56 bits per heavy atom. The third-order valence-electron chi connectivity index (χ3n) is 1.32. The molecule has 0 unspecified atom stereocenters. The van der Waals surface area contributed by atoms with E-state index in [1.165, 1.54) is 0 Å². The molecule has 0 rings (SSSR count). The molecule has 0 bridgehead atoms. The minimum Gasteiger partial charge on any atom is -0.303 e. The molecule has 3 nitrogen and oxygen atoms in total. The molecule has 0 aromatic rings. The van der Waals surface area contributed by atoms with Crippen LogP contribution in [0.2, 0.25) is 0 Å². The van der Waals surface area contributed by atoms with Gasteiger partial charge in [0.25, 0.3) is 0 Å². The maximum atomic E-state index is 4.94. The van der Waals surface area contributed by atoms with Gasteiger partial charge in [0.15, 0.2) is 0 Å². The highest BCUT2D eigenvalue weighted by Gasteiger charge is 2.34. The molecule has 0 spiro atoms. The molecular weight excluding hydrogens is 118 g/mol. The van der Waals surface area contributed by atoms with Crippen molar-refractivity contribution in [3.63, 3.8) is 0 Å². The Hall–Kier alpha value is -0.250. The van der Waals surface area contributed by atoms with Crippen LogP contribution < -0.4 is 0 Å². The van der Waals surface area contributed by atoms with E-state index in [1.54, 1.807) is 19.1 Å². The van der Waals surface area contributed by atoms with Crippen molar-refractivity contribution in [2.45, 2.75) is 5.91 Å². The standard InChI is InChI=1S/C6H14NO2/c1-6(8-4,9-5)7(2)3/h1H2,2-5H3/q+1. The van der Waals surface area contributed by atoms with E-state index in [0.29, 0.717) is 0 Å². The molecule has 54 valence electrons. The Labute approximate surface area is 56.6 Å². The van der Waals surface area contributed by atoms with Crippen LogP contribution in [0.3, 0.4) is 0 Å². The van der Waals surface area contributed by atoms with E-state index in [9.17, 15) is 0 Å². The predicted molar refractivity (Wildman–Crippen MR) is 35.8 cm³/mol. The molecule has 0 radical (unpaired) electrons. The molecule has 3 heteroatoms. The number of rotatable bonds is 3. The summed E-state index contributed by atoms with van der Waals surface area (Å²) in [5.74, 6) is -0.833. The number of hydrogen-bond acceptors (Lipinski definition) is 3. The molecule has 0 aliphatic rings. The molecule has 0 aromatic carbocycles. The van der Waals surface area contributed by atoms with E-state index >= 15 is 0 Å². The lowest BCUT2D eigenvalue weighted by Gasteiger charge is -2.24. The highest BCUT2D eigenvalue weighted by molar-refractivity contribution is 4.66. The first-order valence-corrected chi connectivity index (χ1v) is 2.70. The van der Waals surface area contributed by atoms with E-state index in [1.807, 2.05) is 14.1 Å². The van der Waals surface area contributed by atoms with Gasteiger partial charge in [0.1, 0.15) is 6.92 Å². The largest absolute Gasteiger partial charge is 0.381 e. The SMILES string of the molecule is [CH2+]C(OC)(OC)N(C)C. The molecule has 0 saturated heterocycles. The van der Waals surface area contributed by atoms with E-state index in [4.69, 9.17) is 9.47 Å². The molecule has 0 saturated carbocycles. The van der Waals surface area contributed by atoms with Crippen LogP contribution in [0.4, 0.5) is 0 Å². The van der Waals surface area contributed by atoms with Gasteiger partial charge in [0, 0.05) is 14.2 Å². The molecule has 0 N–H and O–H groups in total. The van der Waals surface area contributed by atoms with E-state index in [0.717, 1.165) is 0 Å². The summed E-state index contributed by atoms with van der Waals surface area (Å²) >= 11 is 0.